The van der Waals surface area contributed by atoms with E-state index in [2.05, 4.69) is 12.2 Å². The van der Waals surface area contributed by atoms with Crippen molar-refractivity contribution in [2.45, 2.75) is 31.9 Å². The molecule has 1 saturated heterocycles. The fourth-order valence-electron chi connectivity index (χ4n) is 2.19. The van der Waals surface area contributed by atoms with E-state index in [9.17, 15) is 5.11 Å². The molecule has 0 radical (unpaired) electrons. The van der Waals surface area contributed by atoms with E-state index in [4.69, 9.17) is 9.47 Å². The Morgan fingerprint density at radius 2 is 2.39 bits per heavy atom. The number of ether oxygens (including phenoxy) is 2. The zero-order valence-electron chi connectivity index (χ0n) is 11.0. The lowest BCUT2D eigenvalue weighted by atomic mass is 10.1. The van der Waals surface area contributed by atoms with E-state index in [1.807, 2.05) is 12.1 Å². The molecule has 2 atom stereocenters. The second-order valence-electron chi connectivity index (χ2n) is 4.70. The van der Waals surface area contributed by atoms with Crippen LogP contribution in [0, 0.1) is 0 Å². The number of hydrogen-bond acceptors (Lipinski definition) is 4. The van der Waals surface area contributed by atoms with Gasteiger partial charge in [0.25, 0.3) is 0 Å². The first kappa shape index (κ1) is 13.2. The average Bonchev–Trinajstić information content (AvgIpc) is 2.89. The number of methoxy groups -OCH3 is 1. The molecule has 100 valence electrons. The summed E-state index contributed by atoms with van der Waals surface area (Å²) >= 11 is 0. The van der Waals surface area contributed by atoms with Crippen LogP contribution >= 0.6 is 0 Å². The van der Waals surface area contributed by atoms with Crippen molar-refractivity contribution in [3.8, 4) is 11.5 Å². The molecule has 0 aliphatic carbocycles. The summed E-state index contributed by atoms with van der Waals surface area (Å²) in [6.45, 7) is 3.85. The second kappa shape index (κ2) is 6.07. The summed E-state index contributed by atoms with van der Waals surface area (Å²) in [4.78, 5) is 0. The lowest BCUT2D eigenvalue weighted by molar-refractivity contribution is 0.108. The molecule has 0 bridgehead atoms. The van der Waals surface area contributed by atoms with Gasteiger partial charge in [-0.25, -0.2) is 0 Å². The molecule has 0 saturated carbocycles. The van der Waals surface area contributed by atoms with E-state index in [-0.39, 0.29) is 11.8 Å². The van der Waals surface area contributed by atoms with E-state index in [1.165, 1.54) is 0 Å². The van der Waals surface area contributed by atoms with Crippen molar-refractivity contribution < 1.29 is 14.6 Å². The van der Waals surface area contributed by atoms with Gasteiger partial charge in [-0.3, -0.25) is 0 Å². The van der Waals surface area contributed by atoms with Gasteiger partial charge >= 0.3 is 0 Å². The van der Waals surface area contributed by atoms with Gasteiger partial charge in [0, 0.05) is 19.2 Å². The van der Waals surface area contributed by atoms with Crippen LogP contribution in [-0.2, 0) is 4.74 Å². The maximum absolute atomic E-state index is 9.55. The molecule has 1 aliphatic rings. The second-order valence-corrected chi connectivity index (χ2v) is 4.70. The van der Waals surface area contributed by atoms with Crippen molar-refractivity contribution >= 4 is 0 Å². The first-order valence-corrected chi connectivity index (χ1v) is 6.42. The van der Waals surface area contributed by atoms with Crippen molar-refractivity contribution in [2.24, 2.45) is 0 Å². The molecular weight excluding hydrogens is 230 g/mol. The van der Waals surface area contributed by atoms with Crippen LogP contribution in [0.3, 0.4) is 0 Å². The maximum atomic E-state index is 9.55. The molecule has 2 unspecified atom stereocenters. The predicted molar refractivity (Wildman–Crippen MR) is 70.1 cm³/mol. The Kier molecular flexibility index (Phi) is 4.44. The molecule has 4 heteroatoms. The van der Waals surface area contributed by atoms with Gasteiger partial charge in [0.1, 0.15) is 0 Å². The summed E-state index contributed by atoms with van der Waals surface area (Å²) in [5.74, 6) is 0.686. The Labute approximate surface area is 108 Å². The Morgan fingerprint density at radius 3 is 3.06 bits per heavy atom. The number of nitrogens with one attached hydrogen (secondary N) is 1. The molecule has 1 heterocycles. The van der Waals surface area contributed by atoms with Gasteiger partial charge in [-0.05, 0) is 37.5 Å². The molecule has 1 aromatic carbocycles. The summed E-state index contributed by atoms with van der Waals surface area (Å²) < 4.78 is 10.7. The molecule has 0 amide bonds. The quantitative estimate of drug-likeness (QED) is 0.842. The van der Waals surface area contributed by atoms with Gasteiger partial charge < -0.3 is 19.9 Å². The Hall–Kier alpha value is -1.26. The number of phenols is 1. The smallest absolute Gasteiger partial charge is 0.160 e. The molecule has 0 spiro atoms. The van der Waals surface area contributed by atoms with Crippen molar-refractivity contribution in [1.82, 2.24) is 5.32 Å². The number of benzene rings is 1. The van der Waals surface area contributed by atoms with Crippen LogP contribution in [0.5, 0.6) is 11.5 Å². The van der Waals surface area contributed by atoms with E-state index in [1.54, 1.807) is 13.2 Å². The van der Waals surface area contributed by atoms with Gasteiger partial charge in [0.15, 0.2) is 11.5 Å². The van der Waals surface area contributed by atoms with Crippen molar-refractivity contribution in [1.29, 1.82) is 0 Å². The Morgan fingerprint density at radius 1 is 1.56 bits per heavy atom. The largest absolute Gasteiger partial charge is 0.504 e. The third-order valence-corrected chi connectivity index (χ3v) is 3.38. The average molecular weight is 251 g/mol. The SMILES string of the molecule is COc1cc(C(C)NCC2CCCO2)ccc1O. The predicted octanol–water partition coefficient (Wildman–Crippen LogP) is 2.23. The lowest BCUT2D eigenvalue weighted by Crippen LogP contribution is -2.28. The van der Waals surface area contributed by atoms with Crippen LogP contribution in [0.25, 0.3) is 0 Å². The standard InChI is InChI=1S/C14H21NO3/c1-10(15-9-12-4-3-7-18-12)11-5-6-13(16)14(8-11)17-2/h5-6,8,10,12,15-16H,3-4,7,9H2,1-2H3. The highest BCUT2D eigenvalue weighted by molar-refractivity contribution is 5.42. The molecular formula is C14H21NO3. The summed E-state index contributed by atoms with van der Waals surface area (Å²) in [6.07, 6.45) is 2.64. The molecule has 2 N–H and O–H groups in total. The molecule has 1 aliphatic heterocycles. The molecule has 1 aromatic rings. The van der Waals surface area contributed by atoms with Gasteiger partial charge in [0.2, 0.25) is 0 Å². The zero-order chi connectivity index (χ0) is 13.0. The summed E-state index contributed by atoms with van der Waals surface area (Å²) in [5, 5.41) is 13.0. The van der Waals surface area contributed by atoms with Gasteiger partial charge in [-0.1, -0.05) is 6.07 Å². The first-order valence-electron chi connectivity index (χ1n) is 6.42. The minimum Gasteiger partial charge on any atom is -0.504 e. The van der Waals surface area contributed by atoms with E-state index in [0.29, 0.717) is 11.9 Å². The summed E-state index contributed by atoms with van der Waals surface area (Å²) in [5.41, 5.74) is 1.10. The van der Waals surface area contributed by atoms with E-state index in [0.717, 1.165) is 31.6 Å². The number of hydrogen-bond donors (Lipinski definition) is 2. The van der Waals surface area contributed by atoms with Crippen molar-refractivity contribution in [2.75, 3.05) is 20.3 Å². The normalized spacial score (nSPS) is 20.9. The highest BCUT2D eigenvalue weighted by Gasteiger charge is 2.16. The third-order valence-electron chi connectivity index (χ3n) is 3.38. The summed E-state index contributed by atoms with van der Waals surface area (Å²) in [7, 11) is 1.56. The van der Waals surface area contributed by atoms with Crippen LogP contribution in [0.4, 0.5) is 0 Å². The topological polar surface area (TPSA) is 50.7 Å². The Bertz CT molecular complexity index is 389. The molecule has 0 aromatic heterocycles. The van der Waals surface area contributed by atoms with E-state index < -0.39 is 0 Å². The monoisotopic (exact) mass is 251 g/mol. The minimum atomic E-state index is 0.174. The molecule has 2 rings (SSSR count). The van der Waals surface area contributed by atoms with Gasteiger partial charge in [-0.15, -0.1) is 0 Å². The number of phenolic OH excluding ortho intramolecular Hbond substituents is 1. The highest BCUT2D eigenvalue weighted by atomic mass is 16.5. The molecule has 18 heavy (non-hydrogen) atoms. The fraction of sp³-hybridized carbons (Fsp3) is 0.571. The van der Waals surface area contributed by atoms with Crippen molar-refractivity contribution in [3.05, 3.63) is 23.8 Å². The van der Waals surface area contributed by atoms with E-state index >= 15 is 0 Å². The first-order chi connectivity index (χ1) is 8.70. The third kappa shape index (κ3) is 3.15. The van der Waals surface area contributed by atoms with Crippen LogP contribution < -0.4 is 10.1 Å². The minimum absolute atomic E-state index is 0.174. The van der Waals surface area contributed by atoms with Crippen LogP contribution in [0.15, 0.2) is 18.2 Å². The summed E-state index contributed by atoms with van der Waals surface area (Å²) in [6, 6.07) is 5.65. The van der Waals surface area contributed by atoms with Crippen LogP contribution in [0.1, 0.15) is 31.4 Å². The van der Waals surface area contributed by atoms with Crippen LogP contribution in [-0.4, -0.2) is 31.5 Å². The fourth-order valence-corrected chi connectivity index (χ4v) is 2.19. The maximum Gasteiger partial charge on any atom is 0.160 e. The molecule has 1 fully saturated rings. The van der Waals surface area contributed by atoms with Crippen LogP contribution in [0.2, 0.25) is 0 Å². The van der Waals surface area contributed by atoms with Gasteiger partial charge in [-0.2, -0.15) is 0 Å². The number of rotatable bonds is 5. The number of aromatic hydroxyl groups is 1. The lowest BCUT2D eigenvalue weighted by Gasteiger charge is -2.18. The van der Waals surface area contributed by atoms with Gasteiger partial charge in [0.05, 0.1) is 13.2 Å². The Balaban J connectivity index is 1.93. The highest BCUT2D eigenvalue weighted by Crippen LogP contribution is 2.28. The van der Waals surface area contributed by atoms with Crippen molar-refractivity contribution in [3.63, 3.8) is 0 Å². The molecule has 4 nitrogen and oxygen atoms in total. The zero-order valence-corrected chi connectivity index (χ0v) is 11.0.